The van der Waals surface area contributed by atoms with Gasteiger partial charge >= 0.3 is 0 Å². The maximum atomic E-state index is 11.9. The molecular weight excluding hydrogens is 278 g/mol. The van der Waals surface area contributed by atoms with Crippen molar-refractivity contribution in [1.82, 2.24) is 15.0 Å². The number of sulfonamides is 1. The molecule has 9 heteroatoms. The second-order valence-electron chi connectivity index (χ2n) is 3.23. The lowest BCUT2D eigenvalue weighted by molar-refractivity contribution is 0.600. The number of nitrogens with one attached hydrogen (secondary N) is 1. The quantitative estimate of drug-likeness (QED) is 0.867. The summed E-state index contributed by atoms with van der Waals surface area (Å²) in [7, 11) is -3.81. The van der Waals surface area contributed by atoms with E-state index in [1.54, 1.807) is 0 Å². The fourth-order valence-electron chi connectivity index (χ4n) is 1.13. The van der Waals surface area contributed by atoms with Crippen molar-refractivity contribution in [2.75, 3.05) is 10.5 Å². The molecule has 0 bridgehead atoms. The summed E-state index contributed by atoms with van der Waals surface area (Å²) in [5.41, 5.74) is 5.40. The minimum absolute atomic E-state index is 0.0649. The molecule has 0 atom stereocenters. The van der Waals surface area contributed by atoms with E-state index in [2.05, 4.69) is 19.7 Å². The van der Waals surface area contributed by atoms with Crippen LogP contribution in [0.5, 0.6) is 0 Å². The van der Waals surface area contributed by atoms with Gasteiger partial charge < -0.3 is 5.73 Å². The molecule has 2 aromatic heterocycles. The van der Waals surface area contributed by atoms with Crippen molar-refractivity contribution in [3.63, 3.8) is 0 Å². The van der Waals surface area contributed by atoms with Crippen molar-refractivity contribution in [1.29, 1.82) is 0 Å². The minimum Gasteiger partial charge on any atom is -0.382 e. The molecule has 0 spiro atoms. The molecule has 0 aromatic carbocycles. The lowest BCUT2D eigenvalue weighted by atomic mass is 10.5. The Morgan fingerprint density at radius 3 is 2.61 bits per heavy atom. The SMILES string of the molecule is Nc1ncc(S(=O)(=O)Nc2cnccn2)cc1Cl. The number of hydrogen-bond acceptors (Lipinski definition) is 6. The molecule has 2 aromatic rings. The first kappa shape index (κ1) is 12.5. The van der Waals surface area contributed by atoms with E-state index in [-0.39, 0.29) is 21.6 Å². The Morgan fingerprint density at radius 1 is 1.22 bits per heavy atom. The summed E-state index contributed by atoms with van der Waals surface area (Å²) in [5, 5.41) is 0.0667. The molecule has 3 N–H and O–H groups in total. The summed E-state index contributed by atoms with van der Waals surface area (Å²) < 4.78 is 26.1. The van der Waals surface area contributed by atoms with Gasteiger partial charge in [0.1, 0.15) is 10.7 Å². The monoisotopic (exact) mass is 285 g/mol. The standard InChI is InChI=1S/C9H8ClN5O2S/c10-7-3-6(4-14-9(7)11)18(16,17)15-8-5-12-1-2-13-8/h1-5H,(H2,11,14)(H,13,15). The summed E-state index contributed by atoms with van der Waals surface area (Å²) >= 11 is 5.72. The van der Waals surface area contributed by atoms with E-state index in [1.165, 1.54) is 24.7 Å². The zero-order valence-corrected chi connectivity index (χ0v) is 10.5. The average molecular weight is 286 g/mol. The molecule has 0 unspecified atom stereocenters. The molecule has 2 heterocycles. The first-order valence-corrected chi connectivity index (χ1v) is 6.55. The van der Waals surface area contributed by atoms with Gasteiger partial charge in [-0.1, -0.05) is 11.6 Å². The number of hydrogen-bond donors (Lipinski definition) is 2. The van der Waals surface area contributed by atoms with Crippen molar-refractivity contribution in [2.24, 2.45) is 0 Å². The highest BCUT2D eigenvalue weighted by atomic mass is 35.5. The van der Waals surface area contributed by atoms with Crippen molar-refractivity contribution >= 4 is 33.3 Å². The molecular formula is C9H8ClN5O2S. The molecule has 0 radical (unpaired) electrons. The molecule has 0 saturated heterocycles. The van der Waals surface area contributed by atoms with Crippen molar-refractivity contribution in [3.05, 3.63) is 35.9 Å². The molecule has 0 fully saturated rings. The molecule has 2 rings (SSSR count). The third-order valence-corrected chi connectivity index (χ3v) is 3.58. The van der Waals surface area contributed by atoms with Crippen molar-refractivity contribution in [2.45, 2.75) is 4.90 Å². The van der Waals surface area contributed by atoms with Gasteiger partial charge in [0, 0.05) is 18.6 Å². The Kier molecular flexibility index (Phi) is 3.30. The Hall–Kier alpha value is -1.93. The molecule has 18 heavy (non-hydrogen) atoms. The molecule has 94 valence electrons. The van der Waals surface area contributed by atoms with E-state index in [4.69, 9.17) is 17.3 Å². The summed E-state index contributed by atoms with van der Waals surface area (Å²) in [6, 6.07) is 1.21. The van der Waals surface area contributed by atoms with Gasteiger partial charge in [0.05, 0.1) is 11.2 Å². The first-order valence-electron chi connectivity index (χ1n) is 4.69. The number of nitrogen functional groups attached to an aromatic ring is 1. The van der Waals surface area contributed by atoms with Gasteiger partial charge in [0.25, 0.3) is 10.0 Å². The third-order valence-electron chi connectivity index (χ3n) is 1.96. The van der Waals surface area contributed by atoms with Crippen LogP contribution >= 0.6 is 11.6 Å². The van der Waals surface area contributed by atoms with Crippen LogP contribution in [-0.2, 0) is 10.0 Å². The summed E-state index contributed by atoms with van der Waals surface area (Å²) in [5.74, 6) is 0.167. The zero-order valence-electron chi connectivity index (χ0n) is 8.91. The number of nitrogens with two attached hydrogens (primary N) is 1. The first-order chi connectivity index (χ1) is 8.49. The highest BCUT2D eigenvalue weighted by Gasteiger charge is 2.16. The van der Waals surface area contributed by atoms with Crippen LogP contribution in [-0.4, -0.2) is 23.4 Å². The van der Waals surface area contributed by atoms with E-state index in [9.17, 15) is 8.42 Å². The van der Waals surface area contributed by atoms with Gasteiger partial charge in [-0.25, -0.2) is 18.4 Å². The Bertz CT molecular complexity index is 662. The Balaban J connectivity index is 2.34. The molecule has 0 aliphatic rings. The van der Waals surface area contributed by atoms with Crippen molar-refractivity contribution in [3.8, 4) is 0 Å². The molecule has 0 aliphatic carbocycles. The predicted octanol–water partition coefficient (Wildman–Crippen LogP) is 0.908. The number of pyridine rings is 1. The highest BCUT2D eigenvalue weighted by Crippen LogP contribution is 2.21. The fourth-order valence-corrected chi connectivity index (χ4v) is 2.32. The minimum atomic E-state index is -3.81. The smallest absolute Gasteiger partial charge is 0.264 e. The van der Waals surface area contributed by atoms with Crippen LogP contribution < -0.4 is 10.5 Å². The molecule has 7 nitrogen and oxygen atoms in total. The second kappa shape index (κ2) is 4.75. The van der Waals surface area contributed by atoms with Gasteiger partial charge in [-0.2, -0.15) is 0 Å². The van der Waals surface area contributed by atoms with E-state index in [1.807, 2.05) is 0 Å². The van der Waals surface area contributed by atoms with Gasteiger partial charge in [-0.15, -0.1) is 0 Å². The largest absolute Gasteiger partial charge is 0.382 e. The Morgan fingerprint density at radius 2 is 2.00 bits per heavy atom. The lowest BCUT2D eigenvalue weighted by Crippen LogP contribution is -2.14. The maximum absolute atomic E-state index is 11.9. The van der Waals surface area contributed by atoms with Gasteiger partial charge in [0.2, 0.25) is 0 Å². The second-order valence-corrected chi connectivity index (χ2v) is 5.32. The van der Waals surface area contributed by atoms with Crippen LogP contribution in [0.4, 0.5) is 11.6 Å². The molecule has 0 amide bonds. The van der Waals surface area contributed by atoms with Crippen LogP contribution in [0.1, 0.15) is 0 Å². The summed E-state index contributed by atoms with van der Waals surface area (Å²) in [6.07, 6.45) is 5.19. The maximum Gasteiger partial charge on any atom is 0.264 e. The Labute approximate surface area is 108 Å². The number of anilines is 2. The number of halogens is 1. The molecule has 0 aliphatic heterocycles. The lowest BCUT2D eigenvalue weighted by Gasteiger charge is -2.07. The number of nitrogens with zero attached hydrogens (tertiary/aromatic N) is 3. The number of aromatic nitrogens is 3. The van der Waals surface area contributed by atoms with Crippen molar-refractivity contribution < 1.29 is 8.42 Å². The van der Waals surface area contributed by atoms with E-state index >= 15 is 0 Å². The summed E-state index contributed by atoms with van der Waals surface area (Å²) in [6.45, 7) is 0. The van der Waals surface area contributed by atoms with E-state index in [0.29, 0.717) is 0 Å². The fraction of sp³-hybridized carbons (Fsp3) is 0. The van der Waals surface area contributed by atoms with Crippen LogP contribution in [0.3, 0.4) is 0 Å². The summed E-state index contributed by atoms with van der Waals surface area (Å²) in [4.78, 5) is 11.1. The molecule has 0 saturated carbocycles. The van der Waals surface area contributed by atoms with Gasteiger partial charge in [0.15, 0.2) is 5.82 Å². The van der Waals surface area contributed by atoms with Crippen LogP contribution in [0, 0.1) is 0 Å². The van der Waals surface area contributed by atoms with E-state index < -0.39 is 10.0 Å². The predicted molar refractivity (Wildman–Crippen MR) is 66.5 cm³/mol. The van der Waals surface area contributed by atoms with Gasteiger partial charge in [-0.3, -0.25) is 9.71 Å². The van der Waals surface area contributed by atoms with E-state index in [0.717, 1.165) is 6.20 Å². The van der Waals surface area contributed by atoms with Crippen LogP contribution in [0.25, 0.3) is 0 Å². The van der Waals surface area contributed by atoms with Crippen LogP contribution in [0.15, 0.2) is 35.7 Å². The topological polar surface area (TPSA) is 111 Å². The highest BCUT2D eigenvalue weighted by molar-refractivity contribution is 7.92. The average Bonchev–Trinajstić information content (AvgIpc) is 2.33. The number of rotatable bonds is 3. The third kappa shape index (κ3) is 2.66. The van der Waals surface area contributed by atoms with Gasteiger partial charge in [-0.05, 0) is 6.07 Å². The normalized spacial score (nSPS) is 11.2. The van der Waals surface area contributed by atoms with Crippen LogP contribution in [0.2, 0.25) is 5.02 Å². The zero-order chi connectivity index (χ0) is 13.2.